The zero-order chi connectivity index (χ0) is 16.5. The Hall–Kier alpha value is -0.140. The van der Waals surface area contributed by atoms with Gasteiger partial charge in [0, 0.05) is 0 Å². The van der Waals surface area contributed by atoms with E-state index >= 15 is 0 Å². The van der Waals surface area contributed by atoms with Crippen molar-refractivity contribution in [1.29, 1.82) is 0 Å². The minimum absolute atomic E-state index is 0.395. The molecule has 0 radical (unpaired) electrons. The van der Waals surface area contributed by atoms with Crippen LogP contribution in [0, 0.1) is 0 Å². The van der Waals surface area contributed by atoms with E-state index in [-0.39, 0.29) is 0 Å². The van der Waals surface area contributed by atoms with E-state index in [2.05, 4.69) is 105 Å². The van der Waals surface area contributed by atoms with Crippen LogP contribution in [0.25, 0.3) is 0 Å². The van der Waals surface area contributed by atoms with Crippen molar-refractivity contribution in [2.45, 2.75) is 35.1 Å². The van der Waals surface area contributed by atoms with Gasteiger partial charge in [-0.3, -0.25) is 0 Å². The molecule has 0 amide bonds. The summed E-state index contributed by atoms with van der Waals surface area (Å²) in [6, 6.07) is 21.5. The summed E-state index contributed by atoms with van der Waals surface area (Å²) in [7, 11) is 0. The molecule has 0 aliphatic carbocycles. The van der Waals surface area contributed by atoms with Gasteiger partial charge in [-0.15, -0.1) is 0 Å². The molecule has 1 unspecified atom stereocenters. The van der Waals surface area contributed by atoms with Gasteiger partial charge in [-0.1, -0.05) is 0 Å². The van der Waals surface area contributed by atoms with Crippen LogP contribution in [0.3, 0.4) is 0 Å². The first-order chi connectivity index (χ1) is 10.9. The van der Waals surface area contributed by atoms with Gasteiger partial charge in [-0.05, 0) is 0 Å². The predicted octanol–water partition coefficient (Wildman–Crippen LogP) is 5.91. The van der Waals surface area contributed by atoms with Gasteiger partial charge < -0.3 is 0 Å². The van der Waals surface area contributed by atoms with E-state index in [0.29, 0.717) is 14.8 Å². The summed E-state index contributed by atoms with van der Waals surface area (Å²) in [5.41, 5.74) is 0. The second-order valence-corrected chi connectivity index (χ2v) is 17.9. The predicted molar refractivity (Wildman–Crippen MR) is 113 cm³/mol. The van der Waals surface area contributed by atoms with Crippen molar-refractivity contribution in [1.82, 2.24) is 0 Å². The number of hydrogen-bond donors (Lipinski definition) is 0. The van der Waals surface area contributed by atoms with E-state index in [1.54, 1.807) is 0 Å². The van der Waals surface area contributed by atoms with Gasteiger partial charge in [0.2, 0.25) is 0 Å². The van der Waals surface area contributed by atoms with Crippen LogP contribution >= 0.6 is 40.7 Å². The molecule has 1 aliphatic heterocycles. The normalized spacial score (nSPS) is 27.1. The molecule has 1 fully saturated rings. The van der Waals surface area contributed by atoms with Crippen LogP contribution in [-0.2, 0) is 0 Å². The van der Waals surface area contributed by atoms with Crippen molar-refractivity contribution in [3.05, 3.63) is 60.7 Å². The molecule has 4 heteroatoms. The van der Waals surface area contributed by atoms with Gasteiger partial charge in [0.1, 0.15) is 0 Å². The summed E-state index contributed by atoms with van der Waals surface area (Å²) >= 11 is 11.9. The number of halogens is 1. The zero-order valence-electron chi connectivity index (χ0n) is 13.9. The van der Waals surface area contributed by atoms with Gasteiger partial charge >= 0.3 is 154 Å². The van der Waals surface area contributed by atoms with E-state index in [1.807, 2.05) is 0 Å². The average Bonchev–Trinajstić information content (AvgIpc) is 2.56. The van der Waals surface area contributed by atoms with Crippen LogP contribution in [0.15, 0.2) is 60.7 Å². The molecule has 0 bridgehead atoms. The molecule has 3 atom stereocenters. The van der Waals surface area contributed by atoms with Gasteiger partial charge in [-0.2, -0.15) is 0 Å². The standard InChI is InChI=1S/C19H24ClPS2/c1-15-14-16(2)23-19(22-15)21(3,20,17-10-6-4-7-11-17)18-12-8-5-9-13-18/h4-13,15-16,19H,14H2,1-3H3/t15-,16+,19?. The van der Waals surface area contributed by atoms with E-state index in [0.717, 1.165) is 0 Å². The van der Waals surface area contributed by atoms with Gasteiger partial charge in [0.15, 0.2) is 0 Å². The summed E-state index contributed by atoms with van der Waals surface area (Å²) in [4.78, 5) is 0. The van der Waals surface area contributed by atoms with Crippen LogP contribution < -0.4 is 10.6 Å². The van der Waals surface area contributed by atoms with Gasteiger partial charge in [-0.25, -0.2) is 0 Å². The Kier molecular flexibility index (Phi) is 5.10. The number of rotatable bonds is 3. The molecule has 1 saturated heterocycles. The second kappa shape index (κ2) is 6.64. The van der Waals surface area contributed by atoms with Gasteiger partial charge in [0.05, 0.1) is 0 Å². The first kappa shape index (κ1) is 17.7. The molecule has 2 aromatic carbocycles. The fourth-order valence-electron chi connectivity index (χ4n) is 3.28. The summed E-state index contributed by atoms with van der Waals surface area (Å²) in [5, 5.41) is 3.92. The molecular weight excluding hydrogens is 359 g/mol. The average molecular weight is 383 g/mol. The molecule has 23 heavy (non-hydrogen) atoms. The molecule has 0 saturated carbocycles. The molecule has 1 aliphatic rings. The van der Waals surface area contributed by atoms with Gasteiger partial charge in [0.25, 0.3) is 0 Å². The molecule has 0 nitrogen and oxygen atoms in total. The molecule has 0 spiro atoms. The SMILES string of the molecule is C[C@@H]1C[C@H](C)SC(P(C)(Cl)(c2ccccc2)c2ccccc2)S1. The molecule has 2 aromatic rings. The number of thioether (sulfide) groups is 2. The van der Waals surface area contributed by atoms with Crippen LogP contribution in [0.1, 0.15) is 20.3 Å². The molecule has 3 rings (SSSR count). The zero-order valence-corrected chi connectivity index (χ0v) is 17.1. The van der Waals surface area contributed by atoms with Crippen LogP contribution in [-0.4, -0.2) is 21.5 Å². The maximum absolute atomic E-state index is 7.74. The van der Waals surface area contributed by atoms with E-state index < -0.39 is 5.96 Å². The maximum atomic E-state index is 7.74. The Bertz CT molecular complexity index is 606. The Balaban J connectivity index is 2.18. The summed E-state index contributed by atoms with van der Waals surface area (Å²) in [5.74, 6) is -2.79. The molecule has 0 aromatic heterocycles. The summed E-state index contributed by atoms with van der Waals surface area (Å²) in [6.07, 6.45) is 1.26. The van der Waals surface area contributed by atoms with Crippen LogP contribution in [0.2, 0.25) is 0 Å². The summed E-state index contributed by atoms with van der Waals surface area (Å²) < 4.78 is 0.395. The van der Waals surface area contributed by atoms with E-state index in [1.165, 1.54) is 17.0 Å². The monoisotopic (exact) mass is 382 g/mol. The Morgan fingerprint density at radius 1 is 0.826 bits per heavy atom. The first-order valence-corrected chi connectivity index (χ1v) is 13.6. The molecule has 0 N–H and O–H groups in total. The topological polar surface area (TPSA) is 0 Å². The Morgan fingerprint density at radius 3 is 1.61 bits per heavy atom. The third-order valence-corrected chi connectivity index (χ3v) is 17.6. The number of benzene rings is 2. The number of hydrogen-bond acceptors (Lipinski definition) is 2. The van der Waals surface area contributed by atoms with Crippen molar-refractivity contribution in [2.75, 3.05) is 6.66 Å². The van der Waals surface area contributed by atoms with Crippen LogP contribution in [0.5, 0.6) is 0 Å². The van der Waals surface area contributed by atoms with Crippen molar-refractivity contribution >= 4 is 51.3 Å². The second-order valence-electron chi connectivity index (χ2n) is 6.62. The molecule has 124 valence electrons. The fraction of sp³-hybridized carbons (Fsp3) is 0.368. The quantitative estimate of drug-likeness (QED) is 0.605. The van der Waals surface area contributed by atoms with E-state index in [9.17, 15) is 0 Å². The molecular formula is C19H24ClPS2. The van der Waals surface area contributed by atoms with Crippen molar-refractivity contribution < 1.29 is 0 Å². The van der Waals surface area contributed by atoms with Crippen molar-refractivity contribution in [2.24, 2.45) is 0 Å². The van der Waals surface area contributed by atoms with Crippen molar-refractivity contribution in [3.63, 3.8) is 0 Å². The Morgan fingerprint density at radius 2 is 1.22 bits per heavy atom. The minimum atomic E-state index is -2.79. The third-order valence-electron chi connectivity index (χ3n) is 4.64. The molecule has 1 heterocycles. The fourth-order valence-corrected chi connectivity index (χ4v) is 15.5. The Labute approximate surface area is 153 Å². The third kappa shape index (κ3) is 3.21. The van der Waals surface area contributed by atoms with Crippen LogP contribution in [0.4, 0.5) is 0 Å². The summed E-state index contributed by atoms with van der Waals surface area (Å²) in [6.45, 7) is 7.03. The van der Waals surface area contributed by atoms with E-state index in [4.69, 9.17) is 11.2 Å². The van der Waals surface area contributed by atoms with Crippen molar-refractivity contribution in [3.8, 4) is 0 Å². The first-order valence-electron chi connectivity index (χ1n) is 8.06.